The Hall–Kier alpha value is -4.23. The van der Waals surface area contributed by atoms with Gasteiger partial charge in [-0.25, -0.2) is 5.01 Å². The third-order valence-corrected chi connectivity index (χ3v) is 7.10. The van der Waals surface area contributed by atoms with Crippen LogP contribution in [0.25, 0.3) is 22.0 Å². The van der Waals surface area contributed by atoms with E-state index >= 15 is 0 Å². The molecule has 1 N–H and O–H groups in total. The van der Waals surface area contributed by atoms with Crippen LogP contribution in [0.2, 0.25) is 0 Å². The fourth-order valence-electron chi connectivity index (χ4n) is 4.65. The van der Waals surface area contributed by atoms with E-state index in [1.165, 1.54) is 16.3 Å². The summed E-state index contributed by atoms with van der Waals surface area (Å²) in [5.74, 6) is 0.411. The van der Waals surface area contributed by atoms with Crippen LogP contribution >= 0.6 is 11.3 Å². The number of hydrogen-bond acceptors (Lipinski definition) is 5. The Kier molecular flexibility index (Phi) is 5.19. The maximum Gasteiger partial charge on any atom is 0.284 e. The van der Waals surface area contributed by atoms with Gasteiger partial charge in [0, 0.05) is 22.9 Å². The highest BCUT2D eigenvalue weighted by Crippen LogP contribution is 2.38. The van der Waals surface area contributed by atoms with Crippen molar-refractivity contribution in [2.24, 2.45) is 5.10 Å². The molecule has 0 spiro atoms. The first-order valence-electron chi connectivity index (χ1n) is 11.3. The lowest BCUT2D eigenvalue weighted by Gasteiger charge is -2.19. The van der Waals surface area contributed by atoms with Gasteiger partial charge >= 0.3 is 0 Å². The normalized spacial score (nSPS) is 15.5. The summed E-state index contributed by atoms with van der Waals surface area (Å²) in [6.07, 6.45) is 1.95. The molecule has 0 bridgehead atoms. The molecule has 0 radical (unpaired) electrons. The fraction of sp³-hybridized carbons (Fsp3) is 0.107. The first kappa shape index (κ1) is 21.3. The molecule has 0 fully saturated rings. The Morgan fingerprint density at radius 2 is 1.91 bits per heavy atom. The summed E-state index contributed by atoms with van der Waals surface area (Å²) in [6.45, 7) is 2.03. The SMILES string of the molecule is Cc1ccc2[nH]c(=O)c(C3=NN(C(=O)c4cccs4)[C@@H](c4ccco4)C3)c(-c3ccccc3)c2c1. The highest BCUT2D eigenvalue weighted by atomic mass is 32.1. The molecular weight excluding hydrogens is 458 g/mol. The lowest BCUT2D eigenvalue weighted by Crippen LogP contribution is -2.26. The van der Waals surface area contributed by atoms with Crippen LogP contribution in [0, 0.1) is 6.92 Å². The zero-order chi connectivity index (χ0) is 23.9. The van der Waals surface area contributed by atoms with Crippen molar-refractivity contribution in [3.8, 4) is 11.1 Å². The molecular formula is C28H21N3O3S. The van der Waals surface area contributed by atoms with Gasteiger partial charge in [-0.3, -0.25) is 9.59 Å². The van der Waals surface area contributed by atoms with Crippen molar-refractivity contribution in [3.05, 3.63) is 117 Å². The molecule has 1 atom stereocenters. The van der Waals surface area contributed by atoms with Crippen molar-refractivity contribution >= 4 is 33.9 Å². The number of rotatable bonds is 4. The second-order valence-electron chi connectivity index (χ2n) is 8.53. The second kappa shape index (κ2) is 8.52. The number of aromatic nitrogens is 1. The average Bonchev–Trinajstić information content (AvgIpc) is 3.65. The van der Waals surface area contributed by atoms with E-state index in [0.29, 0.717) is 28.3 Å². The van der Waals surface area contributed by atoms with Gasteiger partial charge in [0.15, 0.2) is 0 Å². The number of carbonyl (C=O) groups excluding carboxylic acids is 1. The lowest BCUT2D eigenvalue weighted by atomic mass is 9.91. The number of amides is 1. The van der Waals surface area contributed by atoms with E-state index in [1.54, 1.807) is 18.4 Å². The Bertz CT molecular complexity index is 1620. The van der Waals surface area contributed by atoms with Crippen LogP contribution in [0.3, 0.4) is 0 Å². The minimum atomic E-state index is -0.439. The van der Waals surface area contributed by atoms with Gasteiger partial charge in [-0.15, -0.1) is 11.3 Å². The van der Waals surface area contributed by atoms with E-state index in [0.717, 1.165) is 27.6 Å². The molecule has 0 unspecified atom stereocenters. The first-order chi connectivity index (χ1) is 17.1. The van der Waals surface area contributed by atoms with Gasteiger partial charge in [0.1, 0.15) is 11.8 Å². The smallest absolute Gasteiger partial charge is 0.284 e. The average molecular weight is 480 g/mol. The van der Waals surface area contributed by atoms with Crippen LogP contribution in [0.5, 0.6) is 0 Å². The monoisotopic (exact) mass is 479 g/mol. The molecule has 0 saturated carbocycles. The topological polar surface area (TPSA) is 78.7 Å². The van der Waals surface area contributed by atoms with Crippen molar-refractivity contribution in [1.29, 1.82) is 0 Å². The van der Waals surface area contributed by atoms with E-state index in [9.17, 15) is 9.59 Å². The first-order valence-corrected chi connectivity index (χ1v) is 12.2. The number of thiophene rings is 1. The molecule has 1 aliphatic rings. The molecule has 3 aromatic heterocycles. The van der Waals surface area contributed by atoms with Crippen LogP contribution in [0.4, 0.5) is 0 Å². The number of furan rings is 1. The van der Waals surface area contributed by atoms with Crippen molar-refractivity contribution < 1.29 is 9.21 Å². The van der Waals surface area contributed by atoms with Crippen molar-refractivity contribution in [2.45, 2.75) is 19.4 Å². The summed E-state index contributed by atoms with van der Waals surface area (Å²) >= 11 is 1.36. The molecule has 2 aromatic carbocycles. The number of aromatic amines is 1. The number of benzene rings is 2. The fourth-order valence-corrected chi connectivity index (χ4v) is 5.31. The number of carbonyl (C=O) groups is 1. The highest BCUT2D eigenvalue weighted by molar-refractivity contribution is 7.12. The van der Waals surface area contributed by atoms with Gasteiger partial charge < -0.3 is 9.40 Å². The molecule has 6 rings (SSSR count). The highest BCUT2D eigenvalue weighted by Gasteiger charge is 2.37. The molecule has 5 aromatic rings. The molecule has 1 aliphatic heterocycles. The number of H-pyrrole nitrogens is 1. The molecule has 172 valence electrons. The van der Waals surface area contributed by atoms with E-state index in [-0.39, 0.29) is 11.5 Å². The molecule has 0 saturated heterocycles. The Labute approximate surface area is 205 Å². The van der Waals surface area contributed by atoms with Crippen molar-refractivity contribution in [1.82, 2.24) is 9.99 Å². The van der Waals surface area contributed by atoms with Crippen LogP contribution in [-0.2, 0) is 0 Å². The number of hydrazone groups is 1. The van der Waals surface area contributed by atoms with E-state index in [2.05, 4.69) is 11.1 Å². The van der Waals surface area contributed by atoms with E-state index in [1.807, 2.05) is 66.9 Å². The summed E-state index contributed by atoms with van der Waals surface area (Å²) in [6, 6.07) is 22.6. The Morgan fingerprint density at radius 1 is 1.06 bits per heavy atom. The van der Waals surface area contributed by atoms with Crippen molar-refractivity contribution in [2.75, 3.05) is 0 Å². The Morgan fingerprint density at radius 3 is 2.66 bits per heavy atom. The second-order valence-corrected chi connectivity index (χ2v) is 9.48. The van der Waals surface area contributed by atoms with E-state index < -0.39 is 6.04 Å². The summed E-state index contributed by atoms with van der Waals surface area (Å²) in [5, 5.41) is 9.00. The van der Waals surface area contributed by atoms with Gasteiger partial charge in [0.25, 0.3) is 11.5 Å². The standard InChI is InChI=1S/C28H21N3O3S/c1-17-11-12-20-19(15-17)25(18-7-3-2-4-8-18)26(27(32)29-20)21-16-22(23-9-5-13-34-23)31(30-21)28(33)24-10-6-14-35-24/h2-15,22H,16H2,1H3,(H,29,32)/t22-/m1/s1. The van der Waals surface area contributed by atoms with Gasteiger partial charge in [0.2, 0.25) is 0 Å². The third-order valence-electron chi connectivity index (χ3n) is 6.24. The Balaban J connectivity index is 1.58. The van der Waals surface area contributed by atoms with Crippen LogP contribution in [0.15, 0.2) is 98.8 Å². The minimum absolute atomic E-state index is 0.217. The van der Waals surface area contributed by atoms with Gasteiger partial charge in [0.05, 0.1) is 22.4 Å². The summed E-state index contributed by atoms with van der Waals surface area (Å²) in [7, 11) is 0. The predicted octanol–water partition coefficient (Wildman–Crippen LogP) is 6.15. The molecule has 6 nitrogen and oxygen atoms in total. The predicted molar refractivity (Wildman–Crippen MR) is 138 cm³/mol. The lowest BCUT2D eigenvalue weighted by molar-refractivity contribution is 0.0698. The zero-order valence-corrected chi connectivity index (χ0v) is 19.7. The quantitative estimate of drug-likeness (QED) is 0.336. The molecule has 7 heteroatoms. The maximum absolute atomic E-state index is 13.5. The minimum Gasteiger partial charge on any atom is -0.467 e. The van der Waals surface area contributed by atoms with Gasteiger partial charge in [-0.2, -0.15) is 5.10 Å². The zero-order valence-electron chi connectivity index (χ0n) is 18.9. The number of nitrogens with zero attached hydrogens (tertiary/aromatic N) is 2. The number of pyridine rings is 1. The van der Waals surface area contributed by atoms with Gasteiger partial charge in [-0.1, -0.05) is 48.0 Å². The largest absolute Gasteiger partial charge is 0.467 e. The molecule has 1 amide bonds. The van der Waals surface area contributed by atoms with E-state index in [4.69, 9.17) is 9.52 Å². The summed E-state index contributed by atoms with van der Waals surface area (Å²) < 4.78 is 5.68. The molecule has 0 aliphatic carbocycles. The van der Waals surface area contributed by atoms with Crippen molar-refractivity contribution in [3.63, 3.8) is 0 Å². The number of aryl methyl sites for hydroxylation is 1. The maximum atomic E-state index is 13.5. The molecule has 35 heavy (non-hydrogen) atoms. The number of fused-ring (bicyclic) bond motifs is 1. The van der Waals surface area contributed by atoms with Crippen LogP contribution in [-0.4, -0.2) is 21.6 Å². The third kappa shape index (κ3) is 3.70. The molecule has 4 heterocycles. The summed E-state index contributed by atoms with van der Waals surface area (Å²) in [5.41, 5.74) is 4.38. The van der Waals surface area contributed by atoms with Crippen LogP contribution in [0.1, 0.15) is 39.0 Å². The summed E-state index contributed by atoms with van der Waals surface area (Å²) in [4.78, 5) is 30.5. The number of hydrogen-bond donors (Lipinski definition) is 1. The van der Waals surface area contributed by atoms with Gasteiger partial charge in [-0.05, 0) is 48.2 Å². The van der Waals surface area contributed by atoms with Crippen LogP contribution < -0.4 is 5.56 Å². The number of nitrogens with one attached hydrogen (secondary N) is 1.